The third kappa shape index (κ3) is 7.33. The average molecular weight is 508 g/mol. The predicted octanol–water partition coefficient (Wildman–Crippen LogP) is 1.45. The molecule has 0 spiro atoms. The van der Waals surface area contributed by atoms with Gasteiger partial charge in [-0.2, -0.15) is 0 Å². The van der Waals surface area contributed by atoms with E-state index in [2.05, 4.69) is 34.3 Å². The summed E-state index contributed by atoms with van der Waals surface area (Å²) in [5, 5.41) is 6.79. The molecule has 0 aromatic rings. The van der Waals surface area contributed by atoms with Gasteiger partial charge in [0.15, 0.2) is 5.96 Å². The molecule has 1 aliphatic carbocycles. The van der Waals surface area contributed by atoms with Gasteiger partial charge in [-0.3, -0.25) is 14.7 Å². The number of nitrogens with one attached hydrogen (secondary N) is 2. The number of hydrogen-bond acceptors (Lipinski definition) is 4. The first kappa shape index (κ1) is 25.4. The lowest BCUT2D eigenvalue weighted by Crippen LogP contribution is -2.49. The SMILES string of the molecule is CCNC(=NCC1(C(=O)N(C)C)CCCC1)NCCN1CCN(CC)CC1.I. The second-order valence-electron chi connectivity index (χ2n) is 8.08. The predicted molar refractivity (Wildman–Crippen MR) is 128 cm³/mol. The molecule has 1 saturated heterocycles. The molecule has 0 atom stereocenters. The molecule has 1 saturated carbocycles. The van der Waals surface area contributed by atoms with Crippen molar-refractivity contribution in [2.75, 3.05) is 73.0 Å². The first-order valence-corrected chi connectivity index (χ1v) is 10.7. The Bertz CT molecular complexity index is 485. The highest BCUT2D eigenvalue weighted by Gasteiger charge is 2.42. The summed E-state index contributed by atoms with van der Waals surface area (Å²) in [4.78, 5) is 24.3. The van der Waals surface area contributed by atoms with Gasteiger partial charge in [-0.05, 0) is 26.3 Å². The zero-order valence-corrected chi connectivity index (χ0v) is 20.6. The molecule has 7 nitrogen and oxygen atoms in total. The summed E-state index contributed by atoms with van der Waals surface area (Å²) >= 11 is 0. The van der Waals surface area contributed by atoms with E-state index in [1.165, 1.54) is 13.1 Å². The van der Waals surface area contributed by atoms with Gasteiger partial charge in [-0.25, -0.2) is 0 Å². The fraction of sp³-hybridized carbons (Fsp3) is 0.900. The Morgan fingerprint density at radius 1 is 1.04 bits per heavy atom. The molecule has 1 heterocycles. The fourth-order valence-corrected chi connectivity index (χ4v) is 4.20. The number of guanidine groups is 1. The van der Waals surface area contributed by atoms with E-state index in [4.69, 9.17) is 4.99 Å². The maximum absolute atomic E-state index is 12.7. The molecular formula is C20H41IN6O. The van der Waals surface area contributed by atoms with E-state index in [-0.39, 0.29) is 35.3 Å². The number of halogens is 1. The Hall–Kier alpha value is -0.610. The van der Waals surface area contributed by atoms with Crippen LogP contribution < -0.4 is 10.6 Å². The van der Waals surface area contributed by atoms with Gasteiger partial charge in [0.2, 0.25) is 5.91 Å². The molecule has 2 fully saturated rings. The third-order valence-corrected chi connectivity index (χ3v) is 5.94. The van der Waals surface area contributed by atoms with Crippen molar-refractivity contribution in [1.82, 2.24) is 25.3 Å². The molecule has 0 bridgehead atoms. The van der Waals surface area contributed by atoms with E-state index < -0.39 is 0 Å². The Balaban J connectivity index is 0.00000392. The number of likely N-dealkylation sites (N-methyl/N-ethyl adjacent to an activating group) is 1. The van der Waals surface area contributed by atoms with Crippen LogP contribution in [0.1, 0.15) is 39.5 Å². The zero-order valence-electron chi connectivity index (χ0n) is 18.3. The lowest BCUT2D eigenvalue weighted by Gasteiger charge is -2.34. The summed E-state index contributed by atoms with van der Waals surface area (Å²) in [6.45, 7) is 13.4. The summed E-state index contributed by atoms with van der Waals surface area (Å²) in [6, 6.07) is 0. The fourth-order valence-electron chi connectivity index (χ4n) is 4.20. The minimum absolute atomic E-state index is 0. The number of piperazine rings is 1. The van der Waals surface area contributed by atoms with Crippen molar-refractivity contribution in [3.05, 3.63) is 0 Å². The highest BCUT2D eigenvalue weighted by molar-refractivity contribution is 14.0. The molecule has 0 unspecified atom stereocenters. The lowest BCUT2D eigenvalue weighted by molar-refractivity contribution is -0.138. The quantitative estimate of drug-likeness (QED) is 0.295. The molecular weight excluding hydrogens is 467 g/mol. The van der Waals surface area contributed by atoms with E-state index in [0.29, 0.717) is 6.54 Å². The summed E-state index contributed by atoms with van der Waals surface area (Å²) < 4.78 is 0. The van der Waals surface area contributed by atoms with Crippen molar-refractivity contribution in [1.29, 1.82) is 0 Å². The van der Waals surface area contributed by atoms with E-state index in [1.807, 2.05) is 14.1 Å². The van der Waals surface area contributed by atoms with Crippen LogP contribution in [-0.2, 0) is 4.79 Å². The first-order valence-electron chi connectivity index (χ1n) is 10.7. The van der Waals surface area contributed by atoms with Gasteiger partial charge in [0.05, 0.1) is 12.0 Å². The summed E-state index contributed by atoms with van der Waals surface area (Å²) in [5.74, 6) is 1.07. The Kier molecular flexibility index (Phi) is 11.7. The monoisotopic (exact) mass is 508 g/mol. The minimum Gasteiger partial charge on any atom is -0.357 e. The standard InChI is InChI=1S/C20H40N6O.HI/c1-5-21-19(22-11-12-26-15-13-25(6-2)14-16-26)23-17-20(9-7-8-10-20)18(27)24(3)4;/h5-17H2,1-4H3,(H2,21,22,23);1H. The van der Waals surface area contributed by atoms with Crippen molar-refractivity contribution in [3.63, 3.8) is 0 Å². The highest BCUT2D eigenvalue weighted by atomic mass is 127. The van der Waals surface area contributed by atoms with Crippen molar-refractivity contribution in [3.8, 4) is 0 Å². The highest BCUT2D eigenvalue weighted by Crippen LogP contribution is 2.39. The third-order valence-electron chi connectivity index (χ3n) is 5.94. The zero-order chi connectivity index (χ0) is 19.7. The Morgan fingerprint density at radius 2 is 1.64 bits per heavy atom. The molecule has 0 aromatic heterocycles. The Labute approximate surface area is 188 Å². The van der Waals surface area contributed by atoms with Crippen LogP contribution >= 0.6 is 24.0 Å². The molecule has 1 amide bonds. The van der Waals surface area contributed by atoms with Crippen LogP contribution in [0.4, 0.5) is 0 Å². The summed E-state index contributed by atoms with van der Waals surface area (Å²) in [5.41, 5.74) is -0.303. The molecule has 2 aliphatic rings. The molecule has 0 aromatic carbocycles. The van der Waals surface area contributed by atoms with Crippen molar-refractivity contribution in [2.45, 2.75) is 39.5 Å². The topological polar surface area (TPSA) is 63.2 Å². The molecule has 1 aliphatic heterocycles. The minimum atomic E-state index is -0.303. The van der Waals surface area contributed by atoms with Crippen LogP contribution in [0.15, 0.2) is 4.99 Å². The van der Waals surface area contributed by atoms with Crippen LogP contribution in [0.3, 0.4) is 0 Å². The van der Waals surface area contributed by atoms with E-state index in [1.54, 1.807) is 4.90 Å². The number of nitrogens with zero attached hydrogens (tertiary/aromatic N) is 4. The second kappa shape index (κ2) is 12.8. The van der Waals surface area contributed by atoms with Gasteiger partial charge in [-0.1, -0.05) is 19.8 Å². The molecule has 28 heavy (non-hydrogen) atoms. The van der Waals surface area contributed by atoms with E-state index >= 15 is 0 Å². The van der Waals surface area contributed by atoms with Gasteiger partial charge in [0.1, 0.15) is 0 Å². The summed E-state index contributed by atoms with van der Waals surface area (Å²) in [6.07, 6.45) is 4.16. The number of amides is 1. The molecule has 2 rings (SSSR count). The maximum Gasteiger partial charge on any atom is 0.230 e. The normalized spacial score (nSPS) is 20.5. The van der Waals surface area contributed by atoms with Gasteiger partial charge < -0.3 is 20.4 Å². The maximum atomic E-state index is 12.7. The van der Waals surface area contributed by atoms with Gasteiger partial charge in [0.25, 0.3) is 0 Å². The number of aliphatic imine (C=N–C) groups is 1. The van der Waals surface area contributed by atoms with Crippen LogP contribution in [-0.4, -0.2) is 99.6 Å². The van der Waals surface area contributed by atoms with Crippen LogP contribution in [0.25, 0.3) is 0 Å². The lowest BCUT2D eigenvalue weighted by atomic mass is 9.85. The number of rotatable bonds is 8. The van der Waals surface area contributed by atoms with Crippen LogP contribution in [0, 0.1) is 5.41 Å². The largest absolute Gasteiger partial charge is 0.357 e. The second-order valence-corrected chi connectivity index (χ2v) is 8.08. The van der Waals surface area contributed by atoms with E-state index in [9.17, 15) is 4.79 Å². The van der Waals surface area contributed by atoms with E-state index in [0.717, 1.165) is 70.9 Å². The first-order chi connectivity index (χ1) is 13.0. The van der Waals surface area contributed by atoms with Crippen molar-refractivity contribution < 1.29 is 4.79 Å². The molecule has 2 N–H and O–H groups in total. The molecule has 164 valence electrons. The van der Waals surface area contributed by atoms with Gasteiger partial charge in [-0.15, -0.1) is 24.0 Å². The molecule has 8 heteroatoms. The smallest absolute Gasteiger partial charge is 0.230 e. The number of carbonyl (C=O) groups excluding carboxylic acids is 1. The Morgan fingerprint density at radius 3 is 2.18 bits per heavy atom. The van der Waals surface area contributed by atoms with Gasteiger partial charge >= 0.3 is 0 Å². The molecule has 0 radical (unpaired) electrons. The van der Waals surface area contributed by atoms with Gasteiger partial charge in [0, 0.05) is 59.9 Å². The average Bonchev–Trinajstić information content (AvgIpc) is 3.16. The number of hydrogen-bond donors (Lipinski definition) is 2. The van der Waals surface area contributed by atoms with Crippen LogP contribution in [0.2, 0.25) is 0 Å². The van der Waals surface area contributed by atoms with Crippen LogP contribution in [0.5, 0.6) is 0 Å². The number of carbonyl (C=O) groups is 1. The van der Waals surface area contributed by atoms with Crippen molar-refractivity contribution >= 4 is 35.8 Å². The summed E-state index contributed by atoms with van der Waals surface area (Å²) in [7, 11) is 3.71. The van der Waals surface area contributed by atoms with Crippen molar-refractivity contribution in [2.24, 2.45) is 10.4 Å².